The van der Waals surface area contributed by atoms with Gasteiger partial charge in [0, 0.05) is 31.5 Å². The molecule has 0 aromatic carbocycles. The van der Waals surface area contributed by atoms with Crippen molar-refractivity contribution in [2.45, 2.75) is 18.9 Å². The third kappa shape index (κ3) is 1.78. The molecule has 0 radical (unpaired) electrons. The van der Waals surface area contributed by atoms with Crippen molar-refractivity contribution >= 4 is 17.3 Å². The number of anilines is 1. The first-order valence-electron chi connectivity index (χ1n) is 5.92. The number of pyridine rings is 1. The highest BCUT2D eigenvalue weighted by atomic mass is 35.5. The molecule has 0 amide bonds. The summed E-state index contributed by atoms with van der Waals surface area (Å²) in [7, 11) is 0. The summed E-state index contributed by atoms with van der Waals surface area (Å²) in [5, 5.41) is 4.36. The molecule has 2 fully saturated rings. The maximum absolute atomic E-state index is 6.18. The molecule has 3 rings (SSSR count). The van der Waals surface area contributed by atoms with Gasteiger partial charge in [-0.05, 0) is 31.4 Å². The molecular weight excluding hydrogens is 222 g/mol. The third-order valence-electron chi connectivity index (χ3n) is 3.69. The van der Waals surface area contributed by atoms with Gasteiger partial charge in [-0.25, -0.2) is 0 Å². The molecule has 3 heterocycles. The molecule has 0 spiro atoms. The summed E-state index contributed by atoms with van der Waals surface area (Å²) in [5.74, 6) is 0.790. The van der Waals surface area contributed by atoms with E-state index in [1.54, 1.807) is 6.20 Å². The number of piperidine rings is 1. The van der Waals surface area contributed by atoms with Gasteiger partial charge in [0.05, 0.1) is 10.7 Å². The summed E-state index contributed by atoms with van der Waals surface area (Å²) in [6.07, 6.45) is 6.19. The minimum atomic E-state index is 0.651. The van der Waals surface area contributed by atoms with E-state index in [1.807, 2.05) is 12.3 Å². The average molecular weight is 238 g/mol. The van der Waals surface area contributed by atoms with E-state index in [-0.39, 0.29) is 0 Å². The van der Waals surface area contributed by atoms with Crippen molar-refractivity contribution in [2.24, 2.45) is 5.92 Å². The zero-order valence-corrected chi connectivity index (χ0v) is 9.95. The van der Waals surface area contributed by atoms with Crippen LogP contribution in [0.1, 0.15) is 12.8 Å². The third-order valence-corrected chi connectivity index (χ3v) is 3.98. The standard InChI is InChI=1S/C12H16ClN3/c13-10-6-14-5-3-12(10)16-7-9-2-1-4-15-11(9)8-16/h3,5-6,9,11,15H,1-2,4,7-8H2/t9-,11+/m0/s1. The van der Waals surface area contributed by atoms with Crippen molar-refractivity contribution in [1.29, 1.82) is 0 Å². The fourth-order valence-electron chi connectivity index (χ4n) is 2.87. The van der Waals surface area contributed by atoms with Crippen molar-refractivity contribution in [3.05, 3.63) is 23.5 Å². The first-order chi connectivity index (χ1) is 7.84. The highest BCUT2D eigenvalue weighted by Gasteiger charge is 2.34. The van der Waals surface area contributed by atoms with Gasteiger partial charge in [-0.2, -0.15) is 0 Å². The van der Waals surface area contributed by atoms with E-state index in [9.17, 15) is 0 Å². The largest absolute Gasteiger partial charge is 0.368 e. The van der Waals surface area contributed by atoms with E-state index in [0.717, 1.165) is 29.7 Å². The van der Waals surface area contributed by atoms with E-state index in [1.165, 1.54) is 19.4 Å². The van der Waals surface area contributed by atoms with Crippen LogP contribution in [0.4, 0.5) is 5.69 Å². The fourth-order valence-corrected chi connectivity index (χ4v) is 3.11. The molecule has 16 heavy (non-hydrogen) atoms. The molecular formula is C12H16ClN3. The smallest absolute Gasteiger partial charge is 0.0822 e. The predicted molar refractivity (Wildman–Crippen MR) is 66.0 cm³/mol. The molecule has 0 unspecified atom stereocenters. The Morgan fingerprint density at radius 3 is 3.19 bits per heavy atom. The summed E-state index contributed by atoms with van der Waals surface area (Å²) in [5.41, 5.74) is 1.13. The van der Waals surface area contributed by atoms with Gasteiger partial charge in [-0.1, -0.05) is 11.6 Å². The van der Waals surface area contributed by atoms with Crippen LogP contribution < -0.4 is 10.2 Å². The van der Waals surface area contributed by atoms with Gasteiger partial charge in [-0.15, -0.1) is 0 Å². The molecule has 2 aliphatic rings. The van der Waals surface area contributed by atoms with Gasteiger partial charge in [-0.3, -0.25) is 4.98 Å². The lowest BCUT2D eigenvalue weighted by atomic mass is 9.94. The predicted octanol–water partition coefficient (Wildman–Crippen LogP) is 1.92. The Morgan fingerprint density at radius 2 is 2.38 bits per heavy atom. The summed E-state index contributed by atoms with van der Waals surface area (Å²) in [4.78, 5) is 6.42. The van der Waals surface area contributed by atoms with Crippen LogP contribution in [-0.2, 0) is 0 Å². The number of rotatable bonds is 1. The van der Waals surface area contributed by atoms with Crippen LogP contribution in [0.3, 0.4) is 0 Å². The quantitative estimate of drug-likeness (QED) is 0.809. The van der Waals surface area contributed by atoms with Crippen LogP contribution in [0.25, 0.3) is 0 Å². The monoisotopic (exact) mass is 237 g/mol. The van der Waals surface area contributed by atoms with E-state index in [0.29, 0.717) is 6.04 Å². The Kier molecular flexibility index (Phi) is 2.74. The van der Waals surface area contributed by atoms with Gasteiger partial charge in [0.25, 0.3) is 0 Å². The Balaban J connectivity index is 1.80. The summed E-state index contributed by atoms with van der Waals surface area (Å²) < 4.78 is 0. The zero-order valence-electron chi connectivity index (χ0n) is 9.19. The normalized spacial score (nSPS) is 29.2. The molecule has 4 heteroatoms. The molecule has 1 N–H and O–H groups in total. The van der Waals surface area contributed by atoms with Crippen LogP contribution >= 0.6 is 11.6 Å². The first kappa shape index (κ1) is 10.4. The summed E-state index contributed by atoms with van der Waals surface area (Å²) >= 11 is 6.18. The Hall–Kier alpha value is -0.800. The van der Waals surface area contributed by atoms with Crippen molar-refractivity contribution in [3.8, 4) is 0 Å². The summed E-state index contributed by atoms with van der Waals surface area (Å²) in [6, 6.07) is 2.66. The van der Waals surface area contributed by atoms with Crippen LogP contribution in [0.2, 0.25) is 5.02 Å². The number of nitrogens with one attached hydrogen (secondary N) is 1. The molecule has 0 bridgehead atoms. The van der Waals surface area contributed by atoms with Gasteiger partial charge in [0.2, 0.25) is 0 Å². The lowest BCUT2D eigenvalue weighted by Gasteiger charge is -2.24. The van der Waals surface area contributed by atoms with E-state index in [4.69, 9.17) is 11.6 Å². The maximum atomic E-state index is 6.18. The molecule has 2 atom stereocenters. The van der Waals surface area contributed by atoms with Crippen LogP contribution in [-0.4, -0.2) is 30.7 Å². The van der Waals surface area contributed by atoms with Gasteiger partial charge < -0.3 is 10.2 Å². The molecule has 0 aliphatic carbocycles. The first-order valence-corrected chi connectivity index (χ1v) is 6.30. The van der Waals surface area contributed by atoms with Gasteiger partial charge in [0.15, 0.2) is 0 Å². The number of hydrogen-bond acceptors (Lipinski definition) is 3. The van der Waals surface area contributed by atoms with Gasteiger partial charge >= 0.3 is 0 Å². The Labute approximate surface area is 101 Å². The second kappa shape index (κ2) is 4.22. The van der Waals surface area contributed by atoms with E-state index < -0.39 is 0 Å². The molecule has 1 aromatic rings. The van der Waals surface area contributed by atoms with Crippen molar-refractivity contribution in [1.82, 2.24) is 10.3 Å². The van der Waals surface area contributed by atoms with E-state index in [2.05, 4.69) is 15.2 Å². The molecule has 1 aromatic heterocycles. The van der Waals surface area contributed by atoms with E-state index >= 15 is 0 Å². The minimum absolute atomic E-state index is 0.651. The highest BCUT2D eigenvalue weighted by Crippen LogP contribution is 2.32. The van der Waals surface area contributed by atoms with Crippen LogP contribution in [0.15, 0.2) is 18.5 Å². The molecule has 2 saturated heterocycles. The number of aromatic nitrogens is 1. The molecule has 0 saturated carbocycles. The fraction of sp³-hybridized carbons (Fsp3) is 0.583. The van der Waals surface area contributed by atoms with Crippen LogP contribution in [0, 0.1) is 5.92 Å². The lowest BCUT2D eigenvalue weighted by Crippen LogP contribution is -2.40. The number of fused-ring (bicyclic) bond motifs is 1. The van der Waals surface area contributed by atoms with Crippen molar-refractivity contribution in [2.75, 3.05) is 24.5 Å². The number of halogens is 1. The lowest BCUT2D eigenvalue weighted by molar-refractivity contribution is 0.340. The molecule has 3 nitrogen and oxygen atoms in total. The van der Waals surface area contributed by atoms with Gasteiger partial charge in [0.1, 0.15) is 0 Å². The minimum Gasteiger partial charge on any atom is -0.368 e. The van der Waals surface area contributed by atoms with Crippen LogP contribution in [0.5, 0.6) is 0 Å². The highest BCUT2D eigenvalue weighted by molar-refractivity contribution is 6.33. The number of nitrogens with zero attached hydrogens (tertiary/aromatic N) is 2. The second-order valence-electron chi connectivity index (χ2n) is 4.69. The Bertz CT molecular complexity index is 368. The maximum Gasteiger partial charge on any atom is 0.0822 e. The Morgan fingerprint density at radius 1 is 1.44 bits per heavy atom. The summed E-state index contributed by atoms with van der Waals surface area (Å²) in [6.45, 7) is 3.37. The zero-order chi connectivity index (χ0) is 11.0. The van der Waals surface area contributed by atoms with Crippen molar-refractivity contribution < 1.29 is 0 Å². The molecule has 2 aliphatic heterocycles. The number of hydrogen-bond donors (Lipinski definition) is 1. The topological polar surface area (TPSA) is 28.2 Å². The second-order valence-corrected chi connectivity index (χ2v) is 5.10. The molecule has 86 valence electrons. The average Bonchev–Trinajstić information content (AvgIpc) is 2.73. The van der Waals surface area contributed by atoms with Crippen molar-refractivity contribution in [3.63, 3.8) is 0 Å². The SMILES string of the molecule is Clc1cnccc1N1C[C@@H]2CCCN[C@@H]2C1.